The molecule has 1 aromatic carbocycles. The molecule has 0 aliphatic heterocycles. The van der Waals surface area contributed by atoms with Crippen molar-refractivity contribution in [1.82, 2.24) is 15.2 Å². The summed E-state index contributed by atoms with van der Waals surface area (Å²) in [7, 11) is 0. The summed E-state index contributed by atoms with van der Waals surface area (Å²) in [4.78, 5) is 4.27. The Hall–Kier alpha value is -2.56. The van der Waals surface area contributed by atoms with E-state index in [-0.39, 0.29) is 0 Å². The van der Waals surface area contributed by atoms with Gasteiger partial charge in [-0.1, -0.05) is 0 Å². The van der Waals surface area contributed by atoms with Crippen LogP contribution >= 0.6 is 0 Å². The lowest BCUT2D eigenvalue weighted by Crippen LogP contribution is -2.03. The first-order chi connectivity index (χ1) is 8.84. The maximum Gasteiger partial charge on any atom is 0.0724 e. The summed E-state index contributed by atoms with van der Waals surface area (Å²) in [6.07, 6.45) is 3.49. The van der Waals surface area contributed by atoms with Crippen molar-refractivity contribution in [3.05, 3.63) is 48.4 Å². The molecule has 0 spiro atoms. The number of hydrogen-bond acceptors (Lipinski definition) is 4. The van der Waals surface area contributed by atoms with Crippen LogP contribution in [-0.4, -0.2) is 15.2 Å². The summed E-state index contributed by atoms with van der Waals surface area (Å²) in [5, 5.41) is 11.0. The lowest BCUT2D eigenvalue weighted by Gasteiger charge is -2.10. The average molecular weight is 239 g/mol. The molecule has 0 atom stereocenters. The van der Waals surface area contributed by atoms with Gasteiger partial charge in [-0.05, 0) is 30.3 Å². The highest BCUT2D eigenvalue weighted by Crippen LogP contribution is 2.27. The zero-order chi connectivity index (χ0) is 12.4. The van der Waals surface area contributed by atoms with Crippen molar-refractivity contribution in [1.29, 1.82) is 0 Å². The minimum Gasteiger partial charge on any atom is -0.397 e. The van der Waals surface area contributed by atoms with Gasteiger partial charge in [-0.25, -0.2) is 0 Å². The van der Waals surface area contributed by atoms with Gasteiger partial charge in [-0.3, -0.25) is 10.1 Å². The molecule has 2 heterocycles. The van der Waals surface area contributed by atoms with Crippen LogP contribution in [0.4, 0.5) is 11.4 Å². The lowest BCUT2D eigenvalue weighted by molar-refractivity contribution is 0.982. The van der Waals surface area contributed by atoms with Crippen LogP contribution in [0.5, 0.6) is 0 Å². The summed E-state index contributed by atoms with van der Waals surface area (Å²) in [5.41, 5.74) is 9.68. The van der Waals surface area contributed by atoms with E-state index in [1.807, 2.05) is 30.3 Å². The Morgan fingerprint density at radius 1 is 1.17 bits per heavy atom. The molecule has 5 heteroatoms. The zero-order valence-corrected chi connectivity index (χ0v) is 9.72. The highest BCUT2D eigenvalue weighted by Gasteiger charge is 2.04. The number of fused-ring (bicyclic) bond motifs is 1. The molecule has 3 aromatic rings. The highest BCUT2D eigenvalue weighted by molar-refractivity contribution is 5.96. The Kier molecular flexibility index (Phi) is 2.57. The number of pyridine rings is 1. The van der Waals surface area contributed by atoms with Gasteiger partial charge in [-0.15, -0.1) is 0 Å². The van der Waals surface area contributed by atoms with Crippen molar-refractivity contribution >= 4 is 22.3 Å². The van der Waals surface area contributed by atoms with E-state index in [4.69, 9.17) is 5.73 Å². The first kappa shape index (κ1) is 10.6. The van der Waals surface area contributed by atoms with Gasteiger partial charge in [0.2, 0.25) is 0 Å². The van der Waals surface area contributed by atoms with Crippen molar-refractivity contribution in [2.75, 3.05) is 11.1 Å². The summed E-state index contributed by atoms with van der Waals surface area (Å²) in [5.74, 6) is 0. The quantitative estimate of drug-likeness (QED) is 0.612. The molecule has 18 heavy (non-hydrogen) atoms. The van der Waals surface area contributed by atoms with E-state index in [0.29, 0.717) is 6.54 Å². The van der Waals surface area contributed by atoms with Crippen LogP contribution in [0.1, 0.15) is 5.69 Å². The Bertz CT molecular complexity index is 660. The van der Waals surface area contributed by atoms with E-state index in [2.05, 4.69) is 20.5 Å². The molecular weight excluding hydrogens is 226 g/mol. The van der Waals surface area contributed by atoms with E-state index in [9.17, 15) is 0 Å². The summed E-state index contributed by atoms with van der Waals surface area (Å²) >= 11 is 0. The summed E-state index contributed by atoms with van der Waals surface area (Å²) in [6.45, 7) is 0.663. The van der Waals surface area contributed by atoms with Crippen LogP contribution < -0.4 is 11.1 Å². The fraction of sp³-hybridized carbons (Fsp3) is 0.0769. The van der Waals surface area contributed by atoms with Crippen LogP contribution in [0.3, 0.4) is 0 Å². The number of nitrogen functional groups attached to an aromatic ring is 1. The number of anilines is 2. The second-order valence-electron chi connectivity index (χ2n) is 4.03. The van der Waals surface area contributed by atoms with Crippen molar-refractivity contribution < 1.29 is 0 Å². The average Bonchev–Trinajstić information content (AvgIpc) is 2.91. The number of nitrogens with two attached hydrogens (primary N) is 1. The minimum atomic E-state index is 0.663. The van der Waals surface area contributed by atoms with Gasteiger partial charge in [-0.2, -0.15) is 5.10 Å². The van der Waals surface area contributed by atoms with Gasteiger partial charge in [0.1, 0.15) is 0 Å². The number of aromatic amines is 1. The Morgan fingerprint density at radius 2 is 2.11 bits per heavy atom. The zero-order valence-electron chi connectivity index (χ0n) is 9.72. The third-order valence-electron chi connectivity index (χ3n) is 2.85. The minimum absolute atomic E-state index is 0.663. The van der Waals surface area contributed by atoms with E-state index in [1.54, 1.807) is 12.4 Å². The van der Waals surface area contributed by atoms with Crippen molar-refractivity contribution in [2.45, 2.75) is 6.54 Å². The first-order valence-electron chi connectivity index (χ1n) is 5.70. The van der Waals surface area contributed by atoms with E-state index >= 15 is 0 Å². The number of nitrogens with zero attached hydrogens (tertiary/aromatic N) is 2. The molecule has 0 aliphatic rings. The number of hydrogen-bond donors (Lipinski definition) is 3. The largest absolute Gasteiger partial charge is 0.397 e. The third-order valence-corrected chi connectivity index (χ3v) is 2.85. The number of nitrogens with one attached hydrogen (secondary N) is 2. The topological polar surface area (TPSA) is 79.6 Å². The molecule has 0 aliphatic carbocycles. The second-order valence-corrected chi connectivity index (χ2v) is 4.03. The van der Waals surface area contributed by atoms with E-state index in [0.717, 1.165) is 28.0 Å². The molecule has 0 amide bonds. The van der Waals surface area contributed by atoms with Crippen LogP contribution in [0.2, 0.25) is 0 Å². The molecule has 0 saturated carbocycles. The molecule has 4 N–H and O–H groups in total. The predicted molar refractivity (Wildman–Crippen MR) is 72.1 cm³/mol. The van der Waals surface area contributed by atoms with E-state index in [1.165, 1.54) is 0 Å². The SMILES string of the molecule is Nc1c(NCc2ccn[nH]2)ccc2ncccc12. The lowest BCUT2D eigenvalue weighted by atomic mass is 10.1. The van der Waals surface area contributed by atoms with Crippen LogP contribution in [-0.2, 0) is 6.54 Å². The molecule has 2 aromatic heterocycles. The third kappa shape index (κ3) is 1.86. The highest BCUT2D eigenvalue weighted by atomic mass is 15.1. The number of rotatable bonds is 3. The molecule has 3 rings (SSSR count). The summed E-state index contributed by atoms with van der Waals surface area (Å²) < 4.78 is 0. The first-order valence-corrected chi connectivity index (χ1v) is 5.70. The monoisotopic (exact) mass is 239 g/mol. The molecule has 0 fully saturated rings. The van der Waals surface area contributed by atoms with Gasteiger partial charge in [0, 0.05) is 17.8 Å². The summed E-state index contributed by atoms with van der Waals surface area (Å²) in [6, 6.07) is 9.68. The fourth-order valence-corrected chi connectivity index (χ4v) is 1.90. The number of aromatic nitrogens is 3. The predicted octanol–water partition coefficient (Wildman–Crippen LogP) is 2.15. The van der Waals surface area contributed by atoms with Crippen LogP contribution in [0.15, 0.2) is 42.7 Å². The Labute approximate surface area is 104 Å². The Morgan fingerprint density at radius 3 is 2.94 bits per heavy atom. The molecule has 0 bridgehead atoms. The fourth-order valence-electron chi connectivity index (χ4n) is 1.90. The smallest absolute Gasteiger partial charge is 0.0724 e. The van der Waals surface area contributed by atoms with Crippen molar-refractivity contribution in [2.24, 2.45) is 0 Å². The molecular formula is C13H13N5. The van der Waals surface area contributed by atoms with Gasteiger partial charge in [0.25, 0.3) is 0 Å². The second kappa shape index (κ2) is 4.37. The van der Waals surface area contributed by atoms with Crippen molar-refractivity contribution in [3.8, 4) is 0 Å². The number of H-pyrrole nitrogens is 1. The number of benzene rings is 1. The molecule has 0 saturated heterocycles. The van der Waals surface area contributed by atoms with Crippen LogP contribution in [0, 0.1) is 0 Å². The van der Waals surface area contributed by atoms with Gasteiger partial charge >= 0.3 is 0 Å². The normalized spacial score (nSPS) is 10.7. The van der Waals surface area contributed by atoms with Gasteiger partial charge in [0.05, 0.1) is 29.1 Å². The molecule has 0 radical (unpaired) electrons. The Balaban J connectivity index is 1.90. The van der Waals surface area contributed by atoms with Gasteiger partial charge < -0.3 is 11.1 Å². The van der Waals surface area contributed by atoms with Gasteiger partial charge in [0.15, 0.2) is 0 Å². The van der Waals surface area contributed by atoms with E-state index < -0.39 is 0 Å². The molecule has 90 valence electrons. The maximum absolute atomic E-state index is 6.13. The van der Waals surface area contributed by atoms with Crippen molar-refractivity contribution in [3.63, 3.8) is 0 Å². The maximum atomic E-state index is 6.13. The molecule has 5 nitrogen and oxygen atoms in total. The molecule has 0 unspecified atom stereocenters. The van der Waals surface area contributed by atoms with Crippen LogP contribution in [0.25, 0.3) is 10.9 Å². The standard InChI is InChI=1S/C13H13N5/c14-13-10-2-1-6-15-11(10)3-4-12(13)16-8-9-5-7-17-18-9/h1-7,16H,8,14H2,(H,17,18).